The van der Waals surface area contributed by atoms with Crippen molar-refractivity contribution in [3.8, 4) is 0 Å². The summed E-state index contributed by atoms with van der Waals surface area (Å²) in [4.78, 5) is 33.8. The molecule has 1 aromatic carbocycles. The largest absolute Gasteiger partial charge is 0.337 e. The van der Waals surface area contributed by atoms with Crippen molar-refractivity contribution in [1.82, 2.24) is 19.1 Å². The summed E-state index contributed by atoms with van der Waals surface area (Å²) in [6.45, 7) is 1.62. The van der Waals surface area contributed by atoms with Gasteiger partial charge in [-0.1, -0.05) is 30.3 Å². The first-order valence-electron chi connectivity index (χ1n) is 7.67. The van der Waals surface area contributed by atoms with Crippen molar-refractivity contribution in [3.05, 3.63) is 56.7 Å². The Morgan fingerprint density at radius 3 is 2.54 bits per heavy atom. The fourth-order valence-electron chi connectivity index (χ4n) is 2.68. The normalized spacial score (nSPS) is 11.1. The van der Waals surface area contributed by atoms with Gasteiger partial charge in [-0.2, -0.15) is 4.98 Å². The molecule has 3 aromatic rings. The molecule has 0 fully saturated rings. The maximum absolute atomic E-state index is 12.3. The lowest BCUT2D eigenvalue weighted by atomic mass is 10.2. The first-order chi connectivity index (χ1) is 11.5. The van der Waals surface area contributed by atoms with E-state index in [1.165, 1.54) is 11.6 Å². The molecule has 0 unspecified atom stereocenters. The van der Waals surface area contributed by atoms with Gasteiger partial charge in [0.1, 0.15) is 0 Å². The van der Waals surface area contributed by atoms with Crippen LogP contribution in [0, 0.1) is 0 Å². The molecule has 0 aliphatic heterocycles. The average Bonchev–Trinajstić information content (AvgIpc) is 3.04. The highest BCUT2D eigenvalue weighted by molar-refractivity contribution is 5.73. The van der Waals surface area contributed by atoms with Crippen LogP contribution in [-0.4, -0.2) is 32.2 Å². The number of imidazole rings is 1. The van der Waals surface area contributed by atoms with E-state index in [1.807, 2.05) is 35.2 Å². The molecule has 0 amide bonds. The predicted octanol–water partition coefficient (Wildman–Crippen LogP) is -0.0744. The third-order valence-corrected chi connectivity index (χ3v) is 4.00. The van der Waals surface area contributed by atoms with Crippen LogP contribution in [0.5, 0.6) is 0 Å². The van der Waals surface area contributed by atoms with Crippen LogP contribution in [0.1, 0.15) is 5.56 Å². The zero-order valence-electron chi connectivity index (χ0n) is 13.7. The van der Waals surface area contributed by atoms with Gasteiger partial charge in [0, 0.05) is 33.7 Å². The van der Waals surface area contributed by atoms with Crippen LogP contribution < -0.4 is 21.9 Å². The van der Waals surface area contributed by atoms with Crippen LogP contribution >= 0.6 is 0 Å². The highest BCUT2D eigenvalue weighted by Gasteiger charge is 2.17. The first kappa shape index (κ1) is 16.0. The highest BCUT2D eigenvalue weighted by Crippen LogP contribution is 2.16. The Labute approximate surface area is 138 Å². The molecular formula is C16H20N6O2. The smallest absolute Gasteiger partial charge is 0.332 e. The second kappa shape index (κ2) is 6.32. The van der Waals surface area contributed by atoms with E-state index >= 15 is 0 Å². The van der Waals surface area contributed by atoms with Gasteiger partial charge in [0.25, 0.3) is 5.56 Å². The number of hydrogen-bond acceptors (Lipinski definition) is 5. The Kier molecular flexibility index (Phi) is 4.22. The molecule has 0 aliphatic carbocycles. The predicted molar refractivity (Wildman–Crippen MR) is 93.1 cm³/mol. The molecule has 0 saturated carbocycles. The van der Waals surface area contributed by atoms with Gasteiger partial charge in [0.15, 0.2) is 11.2 Å². The van der Waals surface area contributed by atoms with Crippen molar-refractivity contribution < 1.29 is 0 Å². The van der Waals surface area contributed by atoms with Gasteiger partial charge in [-0.3, -0.25) is 13.9 Å². The van der Waals surface area contributed by atoms with E-state index in [2.05, 4.69) is 9.97 Å². The number of aromatic nitrogens is 4. The van der Waals surface area contributed by atoms with Crippen LogP contribution in [0.25, 0.3) is 11.2 Å². The minimum Gasteiger partial charge on any atom is -0.337 e. The lowest BCUT2D eigenvalue weighted by Gasteiger charge is -2.21. The fraction of sp³-hybridized carbons (Fsp3) is 0.312. The monoisotopic (exact) mass is 328 g/mol. The molecule has 0 radical (unpaired) electrons. The summed E-state index contributed by atoms with van der Waals surface area (Å²) in [5.41, 5.74) is 6.68. The fourth-order valence-corrected chi connectivity index (χ4v) is 2.68. The number of nitrogens with two attached hydrogens (primary N) is 1. The number of hydrogen-bond donors (Lipinski definition) is 2. The Bertz CT molecular complexity index is 970. The number of aryl methyl sites for hydroxylation is 1. The second-order valence-corrected chi connectivity index (χ2v) is 5.66. The van der Waals surface area contributed by atoms with E-state index in [1.54, 1.807) is 7.05 Å². The quantitative estimate of drug-likeness (QED) is 0.682. The summed E-state index contributed by atoms with van der Waals surface area (Å²) in [7, 11) is 3.05. The number of nitrogens with zero attached hydrogens (tertiary/aromatic N) is 4. The van der Waals surface area contributed by atoms with Gasteiger partial charge in [-0.05, 0) is 5.56 Å². The van der Waals surface area contributed by atoms with Crippen molar-refractivity contribution in [2.75, 3.05) is 18.0 Å². The van der Waals surface area contributed by atoms with Crippen LogP contribution in [0.2, 0.25) is 0 Å². The molecule has 3 N–H and O–H groups in total. The Morgan fingerprint density at radius 1 is 1.17 bits per heavy atom. The summed E-state index contributed by atoms with van der Waals surface area (Å²) in [5.74, 6) is 0.526. The van der Waals surface area contributed by atoms with E-state index in [9.17, 15) is 9.59 Å². The van der Waals surface area contributed by atoms with Crippen LogP contribution in [0.4, 0.5) is 5.95 Å². The van der Waals surface area contributed by atoms with Gasteiger partial charge < -0.3 is 15.6 Å². The van der Waals surface area contributed by atoms with Gasteiger partial charge in [-0.15, -0.1) is 0 Å². The maximum atomic E-state index is 12.3. The van der Waals surface area contributed by atoms with E-state index in [-0.39, 0.29) is 5.56 Å². The van der Waals surface area contributed by atoms with Gasteiger partial charge >= 0.3 is 5.69 Å². The van der Waals surface area contributed by atoms with E-state index in [0.717, 1.165) is 10.1 Å². The second-order valence-electron chi connectivity index (χ2n) is 5.66. The SMILES string of the molecule is Cn1c(=O)c2[nH]c(N(CCN)Cc3ccccc3)nc2n(C)c1=O. The summed E-state index contributed by atoms with van der Waals surface area (Å²) in [6, 6.07) is 9.92. The van der Waals surface area contributed by atoms with E-state index in [0.29, 0.717) is 36.7 Å². The van der Waals surface area contributed by atoms with Gasteiger partial charge in [0.05, 0.1) is 0 Å². The lowest BCUT2D eigenvalue weighted by Crippen LogP contribution is -2.36. The van der Waals surface area contributed by atoms with Crippen molar-refractivity contribution >= 4 is 17.1 Å². The molecule has 0 spiro atoms. The van der Waals surface area contributed by atoms with Gasteiger partial charge in [0.2, 0.25) is 5.95 Å². The zero-order chi connectivity index (χ0) is 17.3. The first-order valence-corrected chi connectivity index (χ1v) is 7.67. The lowest BCUT2D eigenvalue weighted by molar-refractivity contribution is 0.708. The summed E-state index contributed by atoms with van der Waals surface area (Å²) in [6.07, 6.45) is 0. The average molecular weight is 328 g/mol. The van der Waals surface area contributed by atoms with Gasteiger partial charge in [-0.25, -0.2) is 4.79 Å². The van der Waals surface area contributed by atoms with Crippen molar-refractivity contribution in [1.29, 1.82) is 0 Å². The van der Waals surface area contributed by atoms with Crippen molar-refractivity contribution in [3.63, 3.8) is 0 Å². The summed E-state index contributed by atoms with van der Waals surface area (Å²) >= 11 is 0. The van der Waals surface area contributed by atoms with Crippen LogP contribution in [0.3, 0.4) is 0 Å². The molecule has 0 atom stereocenters. The number of benzene rings is 1. The zero-order valence-corrected chi connectivity index (χ0v) is 13.7. The molecule has 0 bridgehead atoms. The van der Waals surface area contributed by atoms with E-state index in [4.69, 9.17) is 5.73 Å². The maximum Gasteiger partial charge on any atom is 0.332 e. The number of anilines is 1. The standard InChI is InChI=1S/C16H20N6O2/c1-20-13-12(14(23)21(2)16(20)24)18-15(19-13)22(9-8-17)10-11-6-4-3-5-7-11/h3-7H,8-10,17H2,1-2H3,(H,18,19). The number of aromatic amines is 1. The van der Waals surface area contributed by atoms with Crippen molar-refractivity contribution in [2.24, 2.45) is 19.8 Å². The summed E-state index contributed by atoms with van der Waals surface area (Å²) < 4.78 is 2.43. The molecule has 0 saturated heterocycles. The highest BCUT2D eigenvalue weighted by atomic mass is 16.2. The number of nitrogens with one attached hydrogen (secondary N) is 1. The van der Waals surface area contributed by atoms with Crippen molar-refractivity contribution in [2.45, 2.75) is 6.54 Å². The molecule has 126 valence electrons. The third kappa shape index (κ3) is 2.71. The Balaban J connectivity index is 2.09. The molecule has 2 heterocycles. The minimum absolute atomic E-state index is 0.310. The Morgan fingerprint density at radius 2 is 1.88 bits per heavy atom. The number of fused-ring (bicyclic) bond motifs is 1. The molecule has 0 aliphatic rings. The molecule has 24 heavy (non-hydrogen) atoms. The minimum atomic E-state index is -0.404. The molecular weight excluding hydrogens is 308 g/mol. The molecule has 8 heteroatoms. The van der Waals surface area contributed by atoms with E-state index < -0.39 is 5.69 Å². The summed E-state index contributed by atoms with van der Waals surface area (Å²) in [5, 5.41) is 0. The number of H-pyrrole nitrogens is 1. The van der Waals surface area contributed by atoms with Crippen LogP contribution in [0.15, 0.2) is 39.9 Å². The third-order valence-electron chi connectivity index (χ3n) is 4.00. The molecule has 3 rings (SSSR count). The van der Waals surface area contributed by atoms with Crippen LogP contribution in [-0.2, 0) is 20.6 Å². The topological polar surface area (TPSA) is 102 Å². The number of rotatable bonds is 5. The molecule has 2 aromatic heterocycles. The molecule has 8 nitrogen and oxygen atoms in total. The Hall–Kier alpha value is -2.87.